The van der Waals surface area contributed by atoms with Crippen LogP contribution in [0.4, 0.5) is 26.3 Å². The van der Waals surface area contributed by atoms with Gasteiger partial charge in [-0.1, -0.05) is 0 Å². The molecule has 0 aliphatic rings. The summed E-state index contributed by atoms with van der Waals surface area (Å²) in [7, 11) is 0. The predicted molar refractivity (Wildman–Crippen MR) is 26.0 cm³/mol. The molecule has 0 spiro atoms. The van der Waals surface area contributed by atoms with Gasteiger partial charge >= 0.3 is 34.7 Å². The van der Waals surface area contributed by atoms with Crippen molar-refractivity contribution in [3.63, 3.8) is 0 Å². The van der Waals surface area contributed by atoms with E-state index in [1.807, 2.05) is 0 Å². The molecule has 0 aromatic heterocycles. The van der Waals surface area contributed by atoms with Crippen LogP contribution in [0.25, 0.3) is 0 Å². The van der Waals surface area contributed by atoms with Crippen molar-refractivity contribution in [2.75, 3.05) is 0 Å². The van der Waals surface area contributed by atoms with E-state index < -0.39 is 31.6 Å². The van der Waals surface area contributed by atoms with Crippen LogP contribution in [0.5, 0.6) is 0 Å². The monoisotopic (exact) mass is 287 g/mol. The first kappa shape index (κ1) is 14.8. The van der Waals surface area contributed by atoms with Gasteiger partial charge in [0.25, 0.3) is 0 Å². The first-order valence-corrected chi connectivity index (χ1v) is 2.84. The third-order valence-electron chi connectivity index (χ3n) is 0.921. The van der Waals surface area contributed by atoms with Gasteiger partial charge in [0, 0.05) is 12.8 Å². The standard InChI is InChI=1S/C5H6F6.Ag/c6-4(7,8)2-1-3-5(9,10)11;/h1-3H2;/q;+1. The zero-order valence-corrected chi connectivity index (χ0v) is 7.17. The maximum absolute atomic E-state index is 11.3. The molecule has 0 saturated heterocycles. The van der Waals surface area contributed by atoms with Gasteiger partial charge in [0.2, 0.25) is 0 Å². The summed E-state index contributed by atoms with van der Waals surface area (Å²) in [5.74, 6) is 0. The third kappa shape index (κ3) is 13.0. The molecule has 0 nitrogen and oxygen atoms in total. The number of hydrogen-bond donors (Lipinski definition) is 0. The Balaban J connectivity index is 0. The maximum atomic E-state index is 11.3. The SMILES string of the molecule is FC(F)(F)CCCC(F)(F)F.[Ag+]. The second-order valence-corrected chi connectivity index (χ2v) is 2.08. The van der Waals surface area contributed by atoms with Crippen molar-refractivity contribution in [3.05, 3.63) is 0 Å². The first-order valence-electron chi connectivity index (χ1n) is 2.84. The second-order valence-electron chi connectivity index (χ2n) is 2.08. The molecule has 0 saturated carbocycles. The minimum Gasteiger partial charge on any atom is -0.171 e. The Bertz CT molecular complexity index is 100. The normalized spacial score (nSPS) is 12.5. The smallest absolute Gasteiger partial charge is 0.171 e. The van der Waals surface area contributed by atoms with Crippen molar-refractivity contribution in [3.8, 4) is 0 Å². The molecular formula is C5H6AgF6+. The quantitative estimate of drug-likeness (QED) is 0.540. The van der Waals surface area contributed by atoms with Gasteiger partial charge in [-0.25, -0.2) is 0 Å². The van der Waals surface area contributed by atoms with E-state index in [1.54, 1.807) is 0 Å². The Hall–Kier alpha value is 0.320. The van der Waals surface area contributed by atoms with E-state index in [4.69, 9.17) is 0 Å². The van der Waals surface area contributed by atoms with Crippen LogP contribution in [-0.2, 0) is 22.4 Å². The van der Waals surface area contributed by atoms with Gasteiger partial charge in [-0.3, -0.25) is 0 Å². The van der Waals surface area contributed by atoms with Crippen LogP contribution in [0.3, 0.4) is 0 Å². The van der Waals surface area contributed by atoms with Gasteiger partial charge in [0.05, 0.1) is 0 Å². The maximum Gasteiger partial charge on any atom is 1.00 e. The minimum atomic E-state index is -4.48. The van der Waals surface area contributed by atoms with Gasteiger partial charge in [-0.15, -0.1) is 0 Å². The van der Waals surface area contributed by atoms with Crippen molar-refractivity contribution in [2.24, 2.45) is 0 Å². The van der Waals surface area contributed by atoms with E-state index in [2.05, 4.69) is 0 Å². The van der Waals surface area contributed by atoms with Crippen molar-refractivity contribution >= 4 is 0 Å². The molecule has 0 aromatic carbocycles. The summed E-state index contributed by atoms with van der Waals surface area (Å²) in [4.78, 5) is 0. The summed E-state index contributed by atoms with van der Waals surface area (Å²) in [6.07, 6.45) is -12.6. The zero-order valence-electron chi connectivity index (χ0n) is 5.69. The predicted octanol–water partition coefficient (Wildman–Crippen LogP) is 3.28. The van der Waals surface area contributed by atoms with Crippen LogP contribution in [0.15, 0.2) is 0 Å². The molecule has 0 N–H and O–H groups in total. The largest absolute Gasteiger partial charge is 1.00 e. The number of hydrogen-bond acceptors (Lipinski definition) is 0. The summed E-state index contributed by atoms with van der Waals surface area (Å²) < 4.78 is 67.6. The molecule has 12 heavy (non-hydrogen) atoms. The van der Waals surface area contributed by atoms with Crippen LogP contribution in [0.2, 0.25) is 0 Å². The van der Waals surface area contributed by atoms with Gasteiger partial charge < -0.3 is 0 Å². The molecule has 0 rings (SSSR count). The summed E-state index contributed by atoms with van der Waals surface area (Å²) in [6.45, 7) is 0. The van der Waals surface area contributed by atoms with Crippen molar-refractivity contribution in [2.45, 2.75) is 31.6 Å². The first-order chi connectivity index (χ1) is 4.71. The summed E-state index contributed by atoms with van der Waals surface area (Å²) in [5, 5.41) is 0. The van der Waals surface area contributed by atoms with E-state index >= 15 is 0 Å². The Morgan fingerprint density at radius 3 is 1.08 bits per heavy atom. The molecule has 0 unspecified atom stereocenters. The zero-order chi connectivity index (χ0) is 9.12. The molecule has 0 atom stereocenters. The van der Waals surface area contributed by atoms with E-state index in [0.717, 1.165) is 0 Å². The van der Waals surface area contributed by atoms with E-state index in [0.29, 0.717) is 0 Å². The molecule has 7 heteroatoms. The molecule has 0 fully saturated rings. The number of alkyl halides is 6. The van der Waals surface area contributed by atoms with E-state index in [1.165, 1.54) is 0 Å². The Kier molecular flexibility index (Phi) is 6.35. The molecule has 0 aliphatic heterocycles. The Labute approximate surface area is 80.8 Å². The van der Waals surface area contributed by atoms with E-state index in [-0.39, 0.29) is 22.4 Å². The topological polar surface area (TPSA) is 0 Å². The third-order valence-corrected chi connectivity index (χ3v) is 0.921. The fraction of sp³-hybridized carbons (Fsp3) is 1.00. The van der Waals surface area contributed by atoms with Crippen LogP contribution in [-0.4, -0.2) is 12.4 Å². The molecule has 0 heterocycles. The second kappa shape index (κ2) is 5.14. The van der Waals surface area contributed by atoms with Gasteiger partial charge in [-0.05, 0) is 6.42 Å². The Morgan fingerprint density at radius 2 is 0.917 bits per heavy atom. The molecule has 78 valence electrons. The van der Waals surface area contributed by atoms with Crippen LogP contribution in [0, 0.1) is 0 Å². The van der Waals surface area contributed by atoms with E-state index in [9.17, 15) is 26.3 Å². The molecule has 0 radical (unpaired) electrons. The molecule has 0 aliphatic carbocycles. The molecule has 0 aromatic rings. The van der Waals surface area contributed by atoms with Crippen LogP contribution in [0.1, 0.15) is 19.3 Å². The van der Waals surface area contributed by atoms with Crippen LogP contribution < -0.4 is 0 Å². The van der Waals surface area contributed by atoms with Crippen molar-refractivity contribution in [1.82, 2.24) is 0 Å². The summed E-state index contributed by atoms with van der Waals surface area (Å²) >= 11 is 0. The molecular weight excluding hydrogens is 282 g/mol. The fourth-order valence-electron chi connectivity index (χ4n) is 0.489. The van der Waals surface area contributed by atoms with Crippen molar-refractivity contribution < 1.29 is 48.7 Å². The van der Waals surface area contributed by atoms with Gasteiger partial charge in [0.1, 0.15) is 0 Å². The van der Waals surface area contributed by atoms with Crippen molar-refractivity contribution in [1.29, 1.82) is 0 Å². The fourth-order valence-corrected chi connectivity index (χ4v) is 0.489. The average Bonchev–Trinajstić information content (AvgIpc) is 1.55. The summed E-state index contributed by atoms with van der Waals surface area (Å²) in [5.41, 5.74) is 0. The number of rotatable bonds is 2. The number of halogens is 6. The average molecular weight is 288 g/mol. The minimum absolute atomic E-state index is 0. The van der Waals surface area contributed by atoms with Gasteiger partial charge in [0.15, 0.2) is 0 Å². The van der Waals surface area contributed by atoms with Gasteiger partial charge in [-0.2, -0.15) is 26.3 Å². The summed E-state index contributed by atoms with van der Waals surface area (Å²) in [6, 6.07) is 0. The molecule has 0 amide bonds. The molecule has 0 bridgehead atoms. The van der Waals surface area contributed by atoms with Crippen LogP contribution >= 0.6 is 0 Å². The Morgan fingerprint density at radius 1 is 0.667 bits per heavy atom.